The van der Waals surface area contributed by atoms with Crippen molar-refractivity contribution in [2.24, 2.45) is 11.7 Å². The van der Waals surface area contributed by atoms with Crippen LogP contribution in [0.25, 0.3) is 0 Å². The van der Waals surface area contributed by atoms with E-state index in [1.54, 1.807) is 24.3 Å². The second kappa shape index (κ2) is 6.34. The molecule has 0 saturated carbocycles. The SMILES string of the molecule is N[C@H](C(=O)O)C(c1ccc(Cl)cc1)C1CCS(=O)(=O)CC1. The average Bonchev–Trinajstić information content (AvgIpc) is 2.42. The van der Waals surface area contributed by atoms with Gasteiger partial charge in [-0.2, -0.15) is 0 Å². The van der Waals surface area contributed by atoms with Crippen LogP contribution in [-0.2, 0) is 14.6 Å². The summed E-state index contributed by atoms with van der Waals surface area (Å²) in [4.78, 5) is 11.3. The van der Waals surface area contributed by atoms with Crippen LogP contribution in [0.5, 0.6) is 0 Å². The van der Waals surface area contributed by atoms with Crippen molar-refractivity contribution in [2.45, 2.75) is 24.8 Å². The summed E-state index contributed by atoms with van der Waals surface area (Å²) in [5, 5.41) is 9.79. The van der Waals surface area contributed by atoms with Crippen molar-refractivity contribution in [3.63, 3.8) is 0 Å². The highest BCUT2D eigenvalue weighted by Gasteiger charge is 2.36. The third-order valence-electron chi connectivity index (χ3n) is 4.03. The van der Waals surface area contributed by atoms with Crippen molar-refractivity contribution in [1.82, 2.24) is 0 Å². The normalized spacial score (nSPS) is 21.6. The van der Waals surface area contributed by atoms with Gasteiger partial charge in [-0.25, -0.2) is 8.42 Å². The topological polar surface area (TPSA) is 97.5 Å². The molecule has 0 aliphatic carbocycles. The van der Waals surface area contributed by atoms with Gasteiger partial charge >= 0.3 is 5.97 Å². The second-order valence-corrected chi connectivity index (χ2v) is 8.17. The first-order chi connectivity index (χ1) is 9.80. The molecule has 2 atom stereocenters. The molecule has 1 heterocycles. The third kappa shape index (κ3) is 3.96. The molecule has 1 saturated heterocycles. The molecule has 0 aromatic heterocycles. The number of carboxylic acids is 1. The molecule has 0 radical (unpaired) electrons. The molecule has 0 amide bonds. The first kappa shape index (κ1) is 16.3. The van der Waals surface area contributed by atoms with E-state index in [9.17, 15) is 18.3 Å². The Balaban J connectivity index is 2.28. The summed E-state index contributed by atoms with van der Waals surface area (Å²) in [6, 6.07) is 5.85. The molecular formula is C14H18ClNO4S. The summed E-state index contributed by atoms with van der Waals surface area (Å²) < 4.78 is 23.1. The van der Waals surface area contributed by atoms with E-state index < -0.39 is 27.8 Å². The number of hydrogen-bond acceptors (Lipinski definition) is 4. The molecule has 2 rings (SSSR count). The van der Waals surface area contributed by atoms with Gasteiger partial charge in [-0.1, -0.05) is 23.7 Å². The number of nitrogens with two attached hydrogens (primary N) is 1. The summed E-state index contributed by atoms with van der Waals surface area (Å²) >= 11 is 5.85. The lowest BCUT2D eigenvalue weighted by Crippen LogP contribution is -2.42. The number of halogens is 1. The van der Waals surface area contributed by atoms with Gasteiger partial charge in [0.15, 0.2) is 0 Å². The van der Waals surface area contributed by atoms with Crippen LogP contribution in [0.4, 0.5) is 0 Å². The Hall–Kier alpha value is -1.11. The molecule has 1 aliphatic heterocycles. The standard InChI is InChI=1S/C14H18ClNO4S/c15-11-3-1-9(2-4-11)12(13(16)14(17)18)10-5-7-21(19,20)8-6-10/h1-4,10,12-13H,5-8,16H2,(H,17,18)/t12?,13-/m0/s1. The third-order valence-corrected chi connectivity index (χ3v) is 6.00. The second-order valence-electron chi connectivity index (χ2n) is 5.43. The Morgan fingerprint density at radius 3 is 2.24 bits per heavy atom. The quantitative estimate of drug-likeness (QED) is 0.874. The van der Waals surface area contributed by atoms with Gasteiger partial charge in [0.25, 0.3) is 0 Å². The summed E-state index contributed by atoms with van der Waals surface area (Å²) in [5.41, 5.74) is 6.64. The molecule has 1 aliphatic rings. The molecule has 1 aromatic rings. The molecule has 1 unspecified atom stereocenters. The molecule has 1 fully saturated rings. The van der Waals surface area contributed by atoms with Crippen molar-refractivity contribution in [3.8, 4) is 0 Å². The lowest BCUT2D eigenvalue weighted by Gasteiger charge is -2.32. The Kier molecular flexibility index (Phi) is 4.91. The van der Waals surface area contributed by atoms with E-state index >= 15 is 0 Å². The molecule has 0 bridgehead atoms. The van der Waals surface area contributed by atoms with Crippen LogP contribution in [0.1, 0.15) is 24.3 Å². The van der Waals surface area contributed by atoms with E-state index in [-0.39, 0.29) is 17.4 Å². The van der Waals surface area contributed by atoms with Crippen molar-refractivity contribution >= 4 is 27.4 Å². The highest BCUT2D eigenvalue weighted by molar-refractivity contribution is 7.91. The van der Waals surface area contributed by atoms with Gasteiger partial charge in [0.05, 0.1) is 11.5 Å². The maximum atomic E-state index is 11.5. The first-order valence-corrected chi connectivity index (χ1v) is 8.94. The van der Waals surface area contributed by atoms with Gasteiger partial charge in [0.2, 0.25) is 0 Å². The largest absolute Gasteiger partial charge is 0.480 e. The molecule has 3 N–H and O–H groups in total. The lowest BCUT2D eigenvalue weighted by molar-refractivity contribution is -0.139. The van der Waals surface area contributed by atoms with Gasteiger partial charge in [0, 0.05) is 10.9 Å². The molecule has 0 spiro atoms. The van der Waals surface area contributed by atoms with Gasteiger partial charge in [-0.3, -0.25) is 4.79 Å². The molecule has 1 aromatic carbocycles. The summed E-state index contributed by atoms with van der Waals surface area (Å²) in [6.45, 7) is 0. The molecule has 5 nitrogen and oxygen atoms in total. The van der Waals surface area contributed by atoms with E-state index in [0.717, 1.165) is 5.56 Å². The average molecular weight is 332 g/mol. The molecular weight excluding hydrogens is 314 g/mol. The van der Waals surface area contributed by atoms with Crippen molar-refractivity contribution in [2.75, 3.05) is 11.5 Å². The van der Waals surface area contributed by atoms with Crippen LogP contribution in [0.15, 0.2) is 24.3 Å². The number of benzene rings is 1. The maximum Gasteiger partial charge on any atom is 0.321 e. The summed E-state index contributed by atoms with van der Waals surface area (Å²) in [5.74, 6) is -1.36. The van der Waals surface area contributed by atoms with Crippen LogP contribution in [0, 0.1) is 5.92 Å². The maximum absolute atomic E-state index is 11.5. The number of carboxylic acid groups (broad SMARTS) is 1. The van der Waals surface area contributed by atoms with E-state index in [1.807, 2.05) is 0 Å². The van der Waals surface area contributed by atoms with Crippen LogP contribution >= 0.6 is 11.6 Å². The summed E-state index contributed by atoms with van der Waals surface area (Å²) in [7, 11) is -2.99. The van der Waals surface area contributed by atoms with Gasteiger partial charge in [-0.15, -0.1) is 0 Å². The van der Waals surface area contributed by atoms with E-state index in [0.29, 0.717) is 17.9 Å². The molecule has 7 heteroatoms. The Morgan fingerprint density at radius 1 is 1.24 bits per heavy atom. The number of carbonyl (C=O) groups is 1. The fraction of sp³-hybridized carbons (Fsp3) is 0.500. The lowest BCUT2D eigenvalue weighted by atomic mass is 9.78. The molecule has 21 heavy (non-hydrogen) atoms. The number of aliphatic carboxylic acids is 1. The minimum atomic E-state index is -2.99. The number of hydrogen-bond donors (Lipinski definition) is 2. The van der Waals surface area contributed by atoms with E-state index in [2.05, 4.69) is 0 Å². The fourth-order valence-electron chi connectivity index (χ4n) is 2.88. The zero-order valence-electron chi connectivity index (χ0n) is 11.4. The van der Waals surface area contributed by atoms with Crippen molar-refractivity contribution < 1.29 is 18.3 Å². The van der Waals surface area contributed by atoms with Crippen LogP contribution in [-0.4, -0.2) is 37.0 Å². The van der Waals surface area contributed by atoms with Crippen molar-refractivity contribution in [1.29, 1.82) is 0 Å². The van der Waals surface area contributed by atoms with Crippen molar-refractivity contribution in [3.05, 3.63) is 34.9 Å². The van der Waals surface area contributed by atoms with Crippen LogP contribution in [0.2, 0.25) is 5.02 Å². The van der Waals surface area contributed by atoms with Gasteiger partial charge in [-0.05, 0) is 36.5 Å². The first-order valence-electron chi connectivity index (χ1n) is 6.74. The Bertz CT molecular complexity index is 600. The smallest absolute Gasteiger partial charge is 0.321 e. The highest BCUT2D eigenvalue weighted by atomic mass is 35.5. The van der Waals surface area contributed by atoms with Gasteiger partial charge < -0.3 is 10.8 Å². The van der Waals surface area contributed by atoms with Crippen LogP contribution in [0.3, 0.4) is 0 Å². The Labute approximate surface area is 129 Å². The highest BCUT2D eigenvalue weighted by Crippen LogP contribution is 2.36. The molecule has 116 valence electrons. The Morgan fingerprint density at radius 2 is 1.76 bits per heavy atom. The predicted molar refractivity (Wildman–Crippen MR) is 81.2 cm³/mol. The zero-order chi connectivity index (χ0) is 15.6. The van der Waals surface area contributed by atoms with Crippen LogP contribution < -0.4 is 5.73 Å². The van der Waals surface area contributed by atoms with E-state index in [4.69, 9.17) is 17.3 Å². The van der Waals surface area contributed by atoms with Gasteiger partial charge in [0.1, 0.15) is 15.9 Å². The summed E-state index contributed by atoms with van der Waals surface area (Å²) in [6.07, 6.45) is 0.882. The predicted octanol–water partition coefficient (Wildman–Crippen LogP) is 1.66. The monoisotopic (exact) mass is 331 g/mol. The minimum absolute atomic E-state index is 0.0548. The number of sulfone groups is 1. The fourth-order valence-corrected chi connectivity index (χ4v) is 4.53. The van der Waals surface area contributed by atoms with E-state index in [1.165, 1.54) is 0 Å². The number of rotatable bonds is 4. The minimum Gasteiger partial charge on any atom is -0.480 e. The zero-order valence-corrected chi connectivity index (χ0v) is 13.0.